The zero-order chi connectivity index (χ0) is 20.2. The van der Waals surface area contributed by atoms with Gasteiger partial charge in [-0.3, -0.25) is 20.0 Å². The molecule has 8 nitrogen and oxygen atoms in total. The summed E-state index contributed by atoms with van der Waals surface area (Å²) in [6, 6.07) is 12.8. The van der Waals surface area contributed by atoms with Gasteiger partial charge in [-0.1, -0.05) is 29.8 Å². The third-order valence-electron chi connectivity index (χ3n) is 5.06. The largest absolute Gasteiger partial charge is 0.340 e. The van der Waals surface area contributed by atoms with E-state index in [0.717, 1.165) is 24.9 Å². The van der Waals surface area contributed by atoms with Gasteiger partial charge in [0.1, 0.15) is 12.2 Å². The number of nitrogens with one attached hydrogen (secondary N) is 1. The molecule has 0 unspecified atom stereocenters. The molecule has 1 fully saturated rings. The second-order valence-electron chi connectivity index (χ2n) is 7.10. The molecule has 1 atom stereocenters. The minimum Gasteiger partial charge on any atom is -0.340 e. The van der Waals surface area contributed by atoms with Crippen molar-refractivity contribution in [1.29, 1.82) is 0 Å². The van der Waals surface area contributed by atoms with Crippen LogP contribution in [0.4, 0.5) is 5.69 Å². The van der Waals surface area contributed by atoms with Gasteiger partial charge in [0.2, 0.25) is 5.91 Å². The highest BCUT2D eigenvalue weighted by molar-refractivity contribution is 6.30. The molecule has 1 aliphatic heterocycles. The summed E-state index contributed by atoms with van der Waals surface area (Å²) in [7, 11) is 1.82. The first-order chi connectivity index (χ1) is 14.1. The van der Waals surface area contributed by atoms with Crippen molar-refractivity contribution in [3.63, 3.8) is 0 Å². The summed E-state index contributed by atoms with van der Waals surface area (Å²) in [5.41, 5.74) is 5.86. The van der Waals surface area contributed by atoms with Crippen molar-refractivity contribution in [2.75, 3.05) is 25.8 Å². The molecule has 152 valence electrons. The average Bonchev–Trinajstić information content (AvgIpc) is 3.39. The summed E-state index contributed by atoms with van der Waals surface area (Å²) in [5.74, 6) is 0.0869. The first kappa shape index (κ1) is 19.6. The Kier molecular flexibility index (Phi) is 5.94. The minimum atomic E-state index is -0.196. The summed E-state index contributed by atoms with van der Waals surface area (Å²) in [4.78, 5) is 22.4. The SMILES string of the molecule is CN(Cc1ccc(Cl)cc1)C(=O)[C@H]1CCCN1CONc1cccc2nonc12. The summed E-state index contributed by atoms with van der Waals surface area (Å²) in [6.45, 7) is 1.63. The predicted molar refractivity (Wildman–Crippen MR) is 109 cm³/mol. The van der Waals surface area contributed by atoms with E-state index in [-0.39, 0.29) is 18.7 Å². The van der Waals surface area contributed by atoms with Gasteiger partial charge in [0, 0.05) is 25.2 Å². The molecule has 0 bridgehead atoms. The maximum absolute atomic E-state index is 13.0. The number of fused-ring (bicyclic) bond motifs is 1. The van der Waals surface area contributed by atoms with E-state index in [2.05, 4.69) is 15.8 Å². The monoisotopic (exact) mass is 415 g/mol. The topological polar surface area (TPSA) is 83.7 Å². The Labute approximate surface area is 173 Å². The fraction of sp³-hybridized carbons (Fsp3) is 0.350. The number of carbonyl (C=O) groups is 1. The lowest BCUT2D eigenvalue weighted by Crippen LogP contribution is -2.44. The number of benzene rings is 2. The lowest BCUT2D eigenvalue weighted by atomic mass is 10.1. The fourth-order valence-corrected chi connectivity index (χ4v) is 3.66. The molecular formula is C20H22ClN5O3. The van der Waals surface area contributed by atoms with Crippen LogP contribution in [0.3, 0.4) is 0 Å². The Bertz CT molecular complexity index is 978. The first-order valence-corrected chi connectivity index (χ1v) is 9.82. The van der Waals surface area contributed by atoms with Gasteiger partial charge >= 0.3 is 0 Å². The minimum absolute atomic E-state index is 0.0869. The molecule has 0 saturated carbocycles. The standard InChI is InChI=1S/C20H22ClN5O3/c1-25(12-14-7-9-15(21)10-8-14)20(27)18-6-3-11-26(18)13-28-22-16-4-2-5-17-19(16)24-29-23-17/h2,4-5,7-10,18,22H,3,6,11-13H2,1H3/t18-/m1/s1. The van der Waals surface area contributed by atoms with Crippen molar-refractivity contribution in [2.24, 2.45) is 0 Å². The predicted octanol–water partition coefficient (Wildman–Crippen LogP) is 3.30. The molecule has 1 aromatic heterocycles. The van der Waals surface area contributed by atoms with E-state index in [9.17, 15) is 4.79 Å². The number of amides is 1. The van der Waals surface area contributed by atoms with Gasteiger partial charge in [-0.15, -0.1) is 0 Å². The van der Waals surface area contributed by atoms with Crippen LogP contribution in [0, 0.1) is 0 Å². The number of rotatable bonds is 7. The highest BCUT2D eigenvalue weighted by Gasteiger charge is 2.32. The van der Waals surface area contributed by atoms with Gasteiger partial charge in [-0.2, -0.15) is 0 Å². The third-order valence-corrected chi connectivity index (χ3v) is 5.31. The van der Waals surface area contributed by atoms with E-state index in [1.165, 1.54) is 0 Å². The summed E-state index contributed by atoms with van der Waals surface area (Å²) in [5, 5.41) is 8.37. The normalized spacial score (nSPS) is 17.0. The number of likely N-dealkylation sites (tertiary alicyclic amines) is 1. The summed E-state index contributed by atoms with van der Waals surface area (Å²) < 4.78 is 4.75. The molecule has 2 aromatic carbocycles. The van der Waals surface area contributed by atoms with Gasteiger partial charge in [-0.25, -0.2) is 4.63 Å². The quantitative estimate of drug-likeness (QED) is 0.592. The molecular weight excluding hydrogens is 394 g/mol. The van der Waals surface area contributed by atoms with Crippen molar-refractivity contribution in [3.05, 3.63) is 53.1 Å². The highest BCUT2D eigenvalue weighted by Crippen LogP contribution is 2.22. The van der Waals surface area contributed by atoms with Crippen LogP contribution in [0.2, 0.25) is 5.02 Å². The van der Waals surface area contributed by atoms with Crippen LogP contribution in [-0.4, -0.2) is 52.4 Å². The molecule has 1 amide bonds. The van der Waals surface area contributed by atoms with Crippen molar-refractivity contribution in [2.45, 2.75) is 25.4 Å². The average molecular weight is 416 g/mol. The number of nitrogens with zero attached hydrogens (tertiary/aromatic N) is 4. The van der Waals surface area contributed by atoms with E-state index in [4.69, 9.17) is 21.1 Å². The van der Waals surface area contributed by atoms with Gasteiger partial charge in [0.25, 0.3) is 0 Å². The van der Waals surface area contributed by atoms with Crippen LogP contribution in [0.15, 0.2) is 47.1 Å². The number of halogens is 1. The molecule has 0 spiro atoms. The number of hydrogen-bond acceptors (Lipinski definition) is 7. The van der Waals surface area contributed by atoms with E-state index in [1.54, 1.807) is 4.90 Å². The lowest BCUT2D eigenvalue weighted by molar-refractivity contribution is -0.136. The smallest absolute Gasteiger partial charge is 0.240 e. The Morgan fingerprint density at radius 1 is 1.31 bits per heavy atom. The number of hydrogen-bond donors (Lipinski definition) is 1. The zero-order valence-corrected chi connectivity index (χ0v) is 16.8. The van der Waals surface area contributed by atoms with Gasteiger partial charge in [0.05, 0.1) is 11.7 Å². The molecule has 2 heterocycles. The maximum atomic E-state index is 13.0. The first-order valence-electron chi connectivity index (χ1n) is 9.44. The van der Waals surface area contributed by atoms with Crippen molar-refractivity contribution >= 4 is 34.2 Å². The summed E-state index contributed by atoms with van der Waals surface area (Å²) in [6.07, 6.45) is 1.77. The van der Waals surface area contributed by atoms with Crippen molar-refractivity contribution in [3.8, 4) is 0 Å². The fourth-order valence-electron chi connectivity index (χ4n) is 3.54. The number of likely N-dealkylation sites (N-methyl/N-ethyl adjacent to an activating group) is 1. The van der Waals surface area contributed by atoms with Crippen LogP contribution in [0.5, 0.6) is 0 Å². The van der Waals surface area contributed by atoms with Crippen LogP contribution < -0.4 is 5.48 Å². The Balaban J connectivity index is 1.32. The zero-order valence-electron chi connectivity index (χ0n) is 16.0. The third kappa shape index (κ3) is 4.50. The second-order valence-corrected chi connectivity index (χ2v) is 7.54. The van der Waals surface area contributed by atoms with Crippen LogP contribution in [-0.2, 0) is 16.2 Å². The molecule has 9 heteroatoms. The lowest BCUT2D eigenvalue weighted by Gasteiger charge is -2.27. The molecule has 1 aliphatic rings. The van der Waals surface area contributed by atoms with Crippen molar-refractivity contribution in [1.82, 2.24) is 20.1 Å². The number of carbonyl (C=O) groups excluding carboxylic acids is 1. The molecule has 1 saturated heterocycles. The van der Waals surface area contributed by atoms with E-state index >= 15 is 0 Å². The number of aromatic nitrogens is 2. The maximum Gasteiger partial charge on any atom is 0.240 e. The Morgan fingerprint density at radius 2 is 2.14 bits per heavy atom. The van der Waals surface area contributed by atoms with Gasteiger partial charge < -0.3 is 4.90 Å². The number of anilines is 1. The van der Waals surface area contributed by atoms with E-state index in [1.807, 2.05) is 54.4 Å². The summed E-state index contributed by atoms with van der Waals surface area (Å²) >= 11 is 5.93. The molecule has 0 radical (unpaired) electrons. The molecule has 1 N–H and O–H groups in total. The van der Waals surface area contributed by atoms with Crippen LogP contribution in [0.1, 0.15) is 18.4 Å². The molecule has 29 heavy (non-hydrogen) atoms. The Morgan fingerprint density at radius 3 is 2.97 bits per heavy atom. The highest BCUT2D eigenvalue weighted by atomic mass is 35.5. The van der Waals surface area contributed by atoms with Crippen LogP contribution >= 0.6 is 11.6 Å². The van der Waals surface area contributed by atoms with E-state index in [0.29, 0.717) is 28.3 Å². The van der Waals surface area contributed by atoms with Gasteiger partial charge in [0.15, 0.2) is 5.52 Å². The molecule has 3 aromatic rings. The second kappa shape index (κ2) is 8.77. The Hall–Kier alpha value is -2.68. The van der Waals surface area contributed by atoms with Crippen LogP contribution in [0.25, 0.3) is 11.0 Å². The molecule has 4 rings (SSSR count). The molecule has 0 aliphatic carbocycles. The van der Waals surface area contributed by atoms with Gasteiger partial charge in [-0.05, 0) is 53.0 Å². The van der Waals surface area contributed by atoms with E-state index < -0.39 is 0 Å². The van der Waals surface area contributed by atoms with Crippen molar-refractivity contribution < 1.29 is 14.3 Å².